The molecule has 0 saturated carbocycles. The van der Waals surface area contributed by atoms with E-state index in [1.807, 2.05) is 0 Å². The highest BCUT2D eigenvalue weighted by Crippen LogP contribution is 2.17. The van der Waals surface area contributed by atoms with Crippen LogP contribution in [0.3, 0.4) is 0 Å². The summed E-state index contributed by atoms with van der Waals surface area (Å²) in [6, 6.07) is 1.15. The zero-order chi connectivity index (χ0) is 15.4. The molecule has 0 fully saturated rings. The molecule has 1 N–H and O–H groups in total. The van der Waals surface area contributed by atoms with Crippen LogP contribution in [0.5, 0.6) is 0 Å². The van der Waals surface area contributed by atoms with E-state index in [1.165, 1.54) is 6.20 Å². The third kappa shape index (κ3) is 3.80. The number of halogens is 3. The van der Waals surface area contributed by atoms with Crippen LogP contribution in [-0.2, 0) is 11.2 Å². The molecule has 1 heterocycles. The average Bonchev–Trinajstić information content (AvgIpc) is 2.87. The lowest BCUT2D eigenvalue weighted by molar-refractivity contribution is -0.137. The van der Waals surface area contributed by atoms with Gasteiger partial charge in [0.05, 0.1) is 11.9 Å². The summed E-state index contributed by atoms with van der Waals surface area (Å²) in [7, 11) is 0. The van der Waals surface area contributed by atoms with Crippen LogP contribution >= 0.6 is 0 Å². The van der Waals surface area contributed by atoms with Crippen molar-refractivity contribution >= 4 is 5.97 Å². The van der Waals surface area contributed by atoms with Gasteiger partial charge < -0.3 is 5.11 Å². The average molecular weight is 299 g/mol. The van der Waals surface area contributed by atoms with E-state index in [9.17, 15) is 18.0 Å². The standard InChI is InChI=1S/C13H12F3N3O2/c14-9-5-11(16)12(6-10(9)15)19-7-8(17-18-19)3-1-2-4-13(20)21/h5-7H,1-4H2,(H,20,21). The maximum atomic E-state index is 13.6. The summed E-state index contributed by atoms with van der Waals surface area (Å²) in [5, 5.41) is 15.9. The zero-order valence-corrected chi connectivity index (χ0v) is 10.9. The van der Waals surface area contributed by atoms with Crippen LogP contribution in [0.25, 0.3) is 5.69 Å². The molecule has 8 heteroatoms. The molecule has 0 aliphatic heterocycles. The predicted molar refractivity (Wildman–Crippen MR) is 66.4 cm³/mol. The number of hydrogen-bond acceptors (Lipinski definition) is 3. The lowest BCUT2D eigenvalue weighted by Crippen LogP contribution is -2.01. The minimum Gasteiger partial charge on any atom is -0.481 e. The molecule has 1 aromatic heterocycles. The van der Waals surface area contributed by atoms with Crippen LogP contribution in [0.1, 0.15) is 25.0 Å². The molecule has 0 amide bonds. The van der Waals surface area contributed by atoms with Gasteiger partial charge in [-0.15, -0.1) is 5.10 Å². The van der Waals surface area contributed by atoms with Crippen molar-refractivity contribution in [2.45, 2.75) is 25.7 Å². The lowest BCUT2D eigenvalue weighted by Gasteiger charge is -2.02. The number of rotatable bonds is 6. The Morgan fingerprint density at radius 2 is 1.86 bits per heavy atom. The van der Waals surface area contributed by atoms with E-state index in [0.29, 0.717) is 37.1 Å². The fourth-order valence-electron chi connectivity index (χ4n) is 1.80. The Bertz CT molecular complexity index is 658. The molecule has 112 valence electrons. The smallest absolute Gasteiger partial charge is 0.303 e. The minimum absolute atomic E-state index is 0.0614. The van der Waals surface area contributed by atoms with Gasteiger partial charge in [-0.3, -0.25) is 4.79 Å². The predicted octanol–water partition coefficient (Wildman–Crippen LogP) is 2.48. The molecule has 0 aliphatic carbocycles. The van der Waals surface area contributed by atoms with E-state index >= 15 is 0 Å². The number of benzene rings is 1. The van der Waals surface area contributed by atoms with Crippen molar-refractivity contribution in [1.29, 1.82) is 0 Å². The maximum absolute atomic E-state index is 13.6. The van der Waals surface area contributed by atoms with Gasteiger partial charge in [-0.2, -0.15) is 0 Å². The number of aliphatic carboxylic acids is 1. The summed E-state index contributed by atoms with van der Waals surface area (Å²) in [6.07, 6.45) is 3.01. The van der Waals surface area contributed by atoms with Crippen molar-refractivity contribution in [2.75, 3.05) is 0 Å². The monoisotopic (exact) mass is 299 g/mol. The second kappa shape index (κ2) is 6.38. The molecule has 0 bridgehead atoms. The van der Waals surface area contributed by atoms with Gasteiger partial charge in [0.25, 0.3) is 0 Å². The number of aryl methyl sites for hydroxylation is 1. The summed E-state index contributed by atoms with van der Waals surface area (Å²) in [5.41, 5.74) is 0.280. The minimum atomic E-state index is -1.27. The quantitative estimate of drug-likeness (QED) is 0.657. The van der Waals surface area contributed by atoms with E-state index in [2.05, 4.69) is 10.3 Å². The number of unbranched alkanes of at least 4 members (excludes halogenated alkanes) is 1. The third-order valence-corrected chi connectivity index (χ3v) is 2.85. The molecule has 0 radical (unpaired) electrons. The summed E-state index contributed by atoms with van der Waals surface area (Å²) in [4.78, 5) is 10.4. The Labute approximate surface area is 118 Å². The van der Waals surface area contributed by atoms with E-state index < -0.39 is 23.4 Å². The first-order valence-corrected chi connectivity index (χ1v) is 6.25. The molecule has 0 aliphatic rings. The van der Waals surface area contributed by atoms with E-state index in [-0.39, 0.29) is 12.1 Å². The van der Waals surface area contributed by atoms with Crippen LogP contribution in [0.15, 0.2) is 18.3 Å². The fourth-order valence-corrected chi connectivity index (χ4v) is 1.80. The van der Waals surface area contributed by atoms with Crippen molar-refractivity contribution in [3.63, 3.8) is 0 Å². The van der Waals surface area contributed by atoms with Gasteiger partial charge in [-0.25, -0.2) is 17.9 Å². The van der Waals surface area contributed by atoms with Crippen molar-refractivity contribution in [1.82, 2.24) is 15.0 Å². The number of hydrogen-bond donors (Lipinski definition) is 1. The van der Waals surface area contributed by atoms with Gasteiger partial charge in [-0.05, 0) is 19.3 Å². The molecule has 1 aromatic carbocycles. The second-order valence-electron chi connectivity index (χ2n) is 4.47. The first-order chi connectivity index (χ1) is 9.97. The molecule has 0 spiro atoms. The highest BCUT2D eigenvalue weighted by atomic mass is 19.2. The van der Waals surface area contributed by atoms with Crippen molar-refractivity contribution in [3.05, 3.63) is 41.5 Å². The third-order valence-electron chi connectivity index (χ3n) is 2.85. The Kier molecular flexibility index (Phi) is 4.56. The van der Waals surface area contributed by atoms with Crippen molar-refractivity contribution in [3.8, 4) is 5.69 Å². The Hall–Kier alpha value is -2.38. The number of aromatic nitrogens is 3. The summed E-state index contributed by atoms with van der Waals surface area (Å²) in [5.74, 6) is -4.27. The van der Waals surface area contributed by atoms with Crippen LogP contribution in [0, 0.1) is 17.5 Å². The van der Waals surface area contributed by atoms with Crippen LogP contribution in [-0.4, -0.2) is 26.1 Å². The van der Waals surface area contributed by atoms with E-state index in [1.54, 1.807) is 0 Å². The highest BCUT2D eigenvalue weighted by molar-refractivity contribution is 5.66. The first-order valence-electron chi connectivity index (χ1n) is 6.25. The molecule has 0 unspecified atom stereocenters. The molecule has 21 heavy (non-hydrogen) atoms. The van der Waals surface area contributed by atoms with Gasteiger partial charge >= 0.3 is 5.97 Å². The largest absolute Gasteiger partial charge is 0.481 e. The van der Waals surface area contributed by atoms with Crippen LogP contribution in [0.4, 0.5) is 13.2 Å². The SMILES string of the molecule is O=C(O)CCCCc1cn(-c2cc(F)c(F)cc2F)nn1. The normalized spacial score (nSPS) is 10.8. The first kappa shape index (κ1) is 15.0. The highest BCUT2D eigenvalue weighted by Gasteiger charge is 2.13. The van der Waals surface area contributed by atoms with Gasteiger partial charge in [-0.1, -0.05) is 5.21 Å². The molecule has 0 atom stereocenters. The lowest BCUT2D eigenvalue weighted by atomic mass is 10.1. The number of carboxylic acid groups (broad SMARTS) is 1. The van der Waals surface area contributed by atoms with E-state index in [4.69, 9.17) is 5.11 Å². The van der Waals surface area contributed by atoms with Gasteiger partial charge in [0, 0.05) is 18.6 Å². The zero-order valence-electron chi connectivity index (χ0n) is 10.9. The van der Waals surface area contributed by atoms with Crippen molar-refractivity contribution < 1.29 is 23.1 Å². The topological polar surface area (TPSA) is 68.0 Å². The number of carbonyl (C=O) groups is 1. The molecule has 2 rings (SSSR count). The second-order valence-corrected chi connectivity index (χ2v) is 4.47. The van der Waals surface area contributed by atoms with Gasteiger partial charge in [0.1, 0.15) is 5.69 Å². The Balaban J connectivity index is 2.06. The molecular formula is C13H12F3N3O2. The van der Waals surface area contributed by atoms with Crippen LogP contribution < -0.4 is 0 Å². The number of carboxylic acids is 1. The van der Waals surface area contributed by atoms with Gasteiger partial charge in [0.15, 0.2) is 17.5 Å². The Morgan fingerprint density at radius 1 is 1.14 bits per heavy atom. The molecule has 0 saturated heterocycles. The molecular weight excluding hydrogens is 287 g/mol. The molecule has 5 nitrogen and oxygen atoms in total. The maximum Gasteiger partial charge on any atom is 0.303 e. The summed E-state index contributed by atoms with van der Waals surface area (Å²) in [6.45, 7) is 0. The summed E-state index contributed by atoms with van der Waals surface area (Å²) < 4.78 is 40.5. The number of nitrogens with zero attached hydrogens (tertiary/aromatic N) is 3. The van der Waals surface area contributed by atoms with Crippen LogP contribution in [0.2, 0.25) is 0 Å². The van der Waals surface area contributed by atoms with Gasteiger partial charge in [0.2, 0.25) is 0 Å². The van der Waals surface area contributed by atoms with Crippen molar-refractivity contribution in [2.24, 2.45) is 0 Å². The fraction of sp³-hybridized carbons (Fsp3) is 0.308. The Morgan fingerprint density at radius 3 is 2.57 bits per heavy atom. The molecule has 2 aromatic rings. The summed E-state index contributed by atoms with van der Waals surface area (Å²) >= 11 is 0. The van der Waals surface area contributed by atoms with E-state index in [0.717, 1.165) is 4.68 Å².